The summed E-state index contributed by atoms with van der Waals surface area (Å²) >= 11 is 18.3. The van der Waals surface area contributed by atoms with Gasteiger partial charge < -0.3 is 4.90 Å². The highest BCUT2D eigenvalue weighted by Crippen LogP contribution is 2.28. The summed E-state index contributed by atoms with van der Waals surface area (Å²) < 4.78 is -1.62. The maximum absolute atomic E-state index is 12.4. The van der Waals surface area contributed by atoms with Gasteiger partial charge in [0.1, 0.15) is 6.54 Å². The molecular weight excluding hydrogens is 355 g/mol. The Morgan fingerprint density at radius 3 is 2.09 bits per heavy atom. The molecule has 0 aliphatic carbocycles. The van der Waals surface area contributed by atoms with Crippen molar-refractivity contribution >= 4 is 40.7 Å². The van der Waals surface area contributed by atoms with Crippen LogP contribution in [0.2, 0.25) is 0 Å². The minimum atomic E-state index is -1.62. The molecule has 2 N–H and O–H groups in total. The zero-order valence-electron chi connectivity index (χ0n) is 12.6. The largest absolute Gasteiger partial charge is 0.310 e. The monoisotopic (exact) mass is 371 g/mol. The van der Waals surface area contributed by atoms with Crippen molar-refractivity contribution in [2.45, 2.75) is 16.5 Å². The van der Waals surface area contributed by atoms with E-state index in [0.717, 1.165) is 10.5 Å². The molecule has 0 aliphatic heterocycles. The van der Waals surface area contributed by atoms with E-state index in [1.54, 1.807) is 24.3 Å². The number of carbonyl (C=O) groups is 1. The molecule has 6 heteroatoms. The van der Waals surface area contributed by atoms with Crippen molar-refractivity contribution < 1.29 is 9.69 Å². The lowest BCUT2D eigenvalue weighted by Gasteiger charge is -2.30. The van der Waals surface area contributed by atoms with Crippen LogP contribution in [0, 0.1) is 0 Å². The number of nitrogens with one attached hydrogen (secondary N) is 2. The van der Waals surface area contributed by atoms with E-state index in [0.29, 0.717) is 12.1 Å². The second-order valence-corrected chi connectivity index (χ2v) is 7.69. The molecule has 3 nitrogen and oxygen atoms in total. The van der Waals surface area contributed by atoms with Crippen molar-refractivity contribution in [3.05, 3.63) is 71.8 Å². The van der Waals surface area contributed by atoms with E-state index in [9.17, 15) is 4.79 Å². The van der Waals surface area contributed by atoms with Gasteiger partial charge in [-0.2, -0.15) is 0 Å². The third kappa shape index (κ3) is 5.40. The average molecular weight is 373 g/mol. The van der Waals surface area contributed by atoms with Gasteiger partial charge in [-0.3, -0.25) is 10.1 Å². The molecule has 23 heavy (non-hydrogen) atoms. The van der Waals surface area contributed by atoms with Crippen molar-refractivity contribution in [3.8, 4) is 0 Å². The second-order valence-electron chi connectivity index (χ2n) is 5.32. The fourth-order valence-electron chi connectivity index (χ4n) is 2.31. The molecule has 0 bridgehead atoms. The SMILES string of the molecule is C[NH+](Cc1ccccc1)[C@@H](NC(=O)c1ccccc1)C(Cl)(Cl)Cl. The van der Waals surface area contributed by atoms with Crippen LogP contribution in [-0.2, 0) is 6.54 Å². The summed E-state index contributed by atoms with van der Waals surface area (Å²) in [7, 11) is 1.88. The van der Waals surface area contributed by atoms with Crippen LogP contribution < -0.4 is 10.2 Å². The second kappa shape index (κ2) is 8.02. The predicted octanol–water partition coefficient (Wildman–Crippen LogP) is 2.83. The average Bonchev–Trinajstić information content (AvgIpc) is 2.53. The highest BCUT2D eigenvalue weighted by Gasteiger charge is 2.40. The molecule has 2 aromatic carbocycles. The van der Waals surface area contributed by atoms with Crippen molar-refractivity contribution in [3.63, 3.8) is 0 Å². The predicted molar refractivity (Wildman–Crippen MR) is 95.0 cm³/mol. The Bertz CT molecular complexity index is 629. The summed E-state index contributed by atoms with van der Waals surface area (Å²) in [6.07, 6.45) is -0.680. The van der Waals surface area contributed by atoms with Crippen LogP contribution in [0.5, 0.6) is 0 Å². The number of benzene rings is 2. The van der Waals surface area contributed by atoms with E-state index in [-0.39, 0.29) is 5.91 Å². The number of alkyl halides is 3. The van der Waals surface area contributed by atoms with Crippen LogP contribution in [0.15, 0.2) is 60.7 Å². The fourth-order valence-corrected chi connectivity index (χ4v) is 3.03. The first-order valence-corrected chi connectivity index (χ1v) is 8.30. The van der Waals surface area contributed by atoms with Gasteiger partial charge in [-0.25, -0.2) is 0 Å². The van der Waals surface area contributed by atoms with Gasteiger partial charge >= 0.3 is 0 Å². The molecule has 1 unspecified atom stereocenters. The van der Waals surface area contributed by atoms with Crippen LogP contribution in [0.3, 0.4) is 0 Å². The van der Waals surface area contributed by atoms with Gasteiger partial charge in [0.05, 0.1) is 7.05 Å². The van der Waals surface area contributed by atoms with Gasteiger partial charge in [0.2, 0.25) is 6.17 Å². The number of rotatable bonds is 5. The standard InChI is InChI=1S/C17H17Cl3N2O/c1-22(12-13-8-4-2-5-9-13)16(17(18,19)20)21-15(23)14-10-6-3-7-11-14/h2-11,16H,12H2,1H3,(H,21,23)/p+1/t16-/m1/s1. The molecule has 2 aromatic rings. The van der Waals surface area contributed by atoms with Gasteiger partial charge in [-0.1, -0.05) is 83.3 Å². The number of carbonyl (C=O) groups excluding carboxylic acids is 1. The van der Waals surface area contributed by atoms with Crippen molar-refractivity contribution in [2.24, 2.45) is 0 Å². The van der Waals surface area contributed by atoms with Gasteiger partial charge in [0.15, 0.2) is 0 Å². The third-order valence-electron chi connectivity index (χ3n) is 3.46. The molecule has 2 rings (SSSR count). The minimum Gasteiger partial charge on any atom is -0.310 e. The fraction of sp³-hybridized carbons (Fsp3) is 0.235. The molecule has 0 aliphatic rings. The molecule has 0 saturated heterocycles. The number of hydrogen-bond donors (Lipinski definition) is 2. The minimum absolute atomic E-state index is 0.269. The molecule has 0 spiro atoms. The molecule has 1 amide bonds. The van der Waals surface area contributed by atoms with E-state index in [2.05, 4.69) is 5.32 Å². The van der Waals surface area contributed by atoms with Gasteiger partial charge in [-0.05, 0) is 12.1 Å². The molecule has 0 aromatic heterocycles. The van der Waals surface area contributed by atoms with E-state index >= 15 is 0 Å². The van der Waals surface area contributed by atoms with Crippen LogP contribution >= 0.6 is 34.8 Å². The third-order valence-corrected chi connectivity index (χ3v) is 4.11. The smallest absolute Gasteiger partial charge is 0.262 e. The lowest BCUT2D eigenvalue weighted by Crippen LogP contribution is -3.15. The maximum Gasteiger partial charge on any atom is 0.262 e. The lowest BCUT2D eigenvalue weighted by atomic mass is 10.2. The summed E-state index contributed by atoms with van der Waals surface area (Å²) in [4.78, 5) is 13.2. The zero-order valence-corrected chi connectivity index (χ0v) is 14.9. The van der Waals surface area contributed by atoms with Crippen molar-refractivity contribution in [2.75, 3.05) is 7.05 Å². The van der Waals surface area contributed by atoms with E-state index in [4.69, 9.17) is 34.8 Å². The molecular formula is C17H18Cl3N2O+. The topological polar surface area (TPSA) is 33.5 Å². The first-order valence-electron chi connectivity index (χ1n) is 7.17. The van der Waals surface area contributed by atoms with Crippen molar-refractivity contribution in [1.29, 1.82) is 0 Å². The Labute approximate surface area is 151 Å². The molecule has 0 fully saturated rings. The van der Waals surface area contributed by atoms with Crippen LogP contribution in [-0.4, -0.2) is 22.9 Å². The van der Waals surface area contributed by atoms with Gasteiger partial charge in [0.25, 0.3) is 9.70 Å². The number of amides is 1. The molecule has 122 valence electrons. The van der Waals surface area contributed by atoms with E-state index in [1.165, 1.54) is 0 Å². The highest BCUT2D eigenvalue weighted by atomic mass is 35.6. The Morgan fingerprint density at radius 1 is 1.04 bits per heavy atom. The summed E-state index contributed by atoms with van der Waals surface area (Å²) in [6, 6.07) is 18.7. The normalized spacial score (nSPS) is 14.1. The lowest BCUT2D eigenvalue weighted by molar-refractivity contribution is -0.921. The Morgan fingerprint density at radius 2 is 1.57 bits per heavy atom. The van der Waals surface area contributed by atoms with Gasteiger partial charge in [-0.15, -0.1) is 0 Å². The number of quaternary nitrogens is 1. The first-order chi connectivity index (χ1) is 10.9. The maximum atomic E-state index is 12.4. The molecule has 0 radical (unpaired) electrons. The molecule has 0 heterocycles. The Balaban J connectivity index is 2.12. The zero-order chi connectivity index (χ0) is 16.9. The van der Waals surface area contributed by atoms with Crippen LogP contribution in [0.25, 0.3) is 0 Å². The van der Waals surface area contributed by atoms with E-state index < -0.39 is 9.96 Å². The van der Waals surface area contributed by atoms with Crippen LogP contribution in [0.4, 0.5) is 0 Å². The highest BCUT2D eigenvalue weighted by molar-refractivity contribution is 6.68. The summed E-state index contributed by atoms with van der Waals surface area (Å²) in [6.45, 7) is 0.620. The number of hydrogen-bond acceptors (Lipinski definition) is 1. The summed E-state index contributed by atoms with van der Waals surface area (Å²) in [5.41, 5.74) is 1.62. The number of halogens is 3. The summed E-state index contributed by atoms with van der Waals surface area (Å²) in [5.74, 6) is -0.269. The van der Waals surface area contributed by atoms with E-state index in [1.807, 2.05) is 43.4 Å². The Hall–Kier alpha value is -1.26. The summed E-state index contributed by atoms with van der Waals surface area (Å²) in [5, 5.41) is 2.82. The van der Waals surface area contributed by atoms with Crippen molar-refractivity contribution in [1.82, 2.24) is 5.32 Å². The first kappa shape index (κ1) is 18.1. The quantitative estimate of drug-likeness (QED) is 0.614. The molecule has 0 saturated carbocycles. The Kier molecular flexibility index (Phi) is 6.31. The van der Waals surface area contributed by atoms with Crippen LogP contribution in [0.1, 0.15) is 15.9 Å². The molecule has 2 atom stereocenters. The van der Waals surface area contributed by atoms with Gasteiger partial charge in [0, 0.05) is 11.1 Å².